The highest BCUT2D eigenvalue weighted by Crippen LogP contribution is 2.21. The van der Waals surface area contributed by atoms with Crippen LogP contribution in [-0.2, 0) is 9.59 Å². The van der Waals surface area contributed by atoms with E-state index in [9.17, 15) is 9.59 Å². The zero-order chi connectivity index (χ0) is 22.6. The Balaban J connectivity index is 1.61. The fraction of sp³-hybridized carbons (Fsp3) is 0.462. The fourth-order valence-electron chi connectivity index (χ4n) is 3.14. The van der Waals surface area contributed by atoms with Crippen molar-refractivity contribution >= 4 is 35.0 Å². The number of carbonyl (C=O) groups is 2. The van der Waals surface area contributed by atoms with E-state index in [0.717, 1.165) is 24.2 Å². The molecule has 0 bridgehead atoms. The van der Waals surface area contributed by atoms with Crippen LogP contribution >= 0.6 is 11.8 Å². The van der Waals surface area contributed by atoms with Crippen LogP contribution in [0.4, 0.5) is 11.4 Å². The molecule has 2 aromatic carbocycles. The summed E-state index contributed by atoms with van der Waals surface area (Å²) in [6.45, 7) is 8.75. The summed E-state index contributed by atoms with van der Waals surface area (Å²) >= 11 is 1.63. The Morgan fingerprint density at radius 3 is 1.39 bits per heavy atom. The zero-order valence-electron chi connectivity index (χ0n) is 19.2. The molecule has 168 valence electrons. The lowest BCUT2D eigenvalue weighted by Gasteiger charge is -2.11. The SMILES string of the molecule is CCC(C)c1ccc(NC(=O)CCSCCC(=O)Nc2ccc(C(C)CC)cc2)cc1. The maximum atomic E-state index is 12.1. The second-order valence-corrected chi connectivity index (χ2v) is 9.30. The predicted molar refractivity (Wildman–Crippen MR) is 134 cm³/mol. The highest BCUT2D eigenvalue weighted by molar-refractivity contribution is 7.99. The summed E-state index contributed by atoms with van der Waals surface area (Å²) in [5, 5.41) is 5.89. The molecule has 0 saturated carbocycles. The van der Waals surface area contributed by atoms with E-state index in [1.54, 1.807) is 11.8 Å². The second kappa shape index (κ2) is 13.2. The van der Waals surface area contributed by atoms with Crippen molar-refractivity contribution in [2.75, 3.05) is 22.1 Å². The first-order chi connectivity index (χ1) is 14.9. The van der Waals surface area contributed by atoms with Gasteiger partial charge >= 0.3 is 0 Å². The summed E-state index contributed by atoms with van der Waals surface area (Å²) < 4.78 is 0. The molecule has 0 saturated heterocycles. The molecule has 2 N–H and O–H groups in total. The van der Waals surface area contributed by atoms with Crippen molar-refractivity contribution in [3.8, 4) is 0 Å². The van der Waals surface area contributed by atoms with Gasteiger partial charge < -0.3 is 10.6 Å². The Hall–Kier alpha value is -2.27. The van der Waals surface area contributed by atoms with Gasteiger partial charge in [-0.2, -0.15) is 11.8 Å². The van der Waals surface area contributed by atoms with Gasteiger partial charge in [-0.25, -0.2) is 0 Å². The minimum Gasteiger partial charge on any atom is -0.326 e. The molecule has 4 nitrogen and oxygen atoms in total. The van der Waals surface area contributed by atoms with Crippen LogP contribution in [0.25, 0.3) is 0 Å². The highest BCUT2D eigenvalue weighted by Gasteiger charge is 2.07. The summed E-state index contributed by atoms with van der Waals surface area (Å²) in [5.41, 5.74) is 4.25. The van der Waals surface area contributed by atoms with Crippen molar-refractivity contribution in [2.45, 2.75) is 65.2 Å². The Bertz CT molecular complexity index is 749. The lowest BCUT2D eigenvalue weighted by molar-refractivity contribution is -0.116. The summed E-state index contributed by atoms with van der Waals surface area (Å²) in [4.78, 5) is 24.2. The first kappa shape index (κ1) is 25.0. The van der Waals surface area contributed by atoms with Gasteiger partial charge in [-0.3, -0.25) is 9.59 Å². The molecular weight excluding hydrogens is 404 g/mol. The summed E-state index contributed by atoms with van der Waals surface area (Å²) in [7, 11) is 0. The molecule has 0 radical (unpaired) electrons. The monoisotopic (exact) mass is 440 g/mol. The molecule has 0 aliphatic carbocycles. The molecule has 0 fully saturated rings. The van der Waals surface area contributed by atoms with Gasteiger partial charge in [0.1, 0.15) is 0 Å². The van der Waals surface area contributed by atoms with Crippen LogP contribution in [0.1, 0.15) is 76.3 Å². The maximum Gasteiger partial charge on any atom is 0.225 e. The Morgan fingerprint density at radius 2 is 1.06 bits per heavy atom. The van der Waals surface area contributed by atoms with Gasteiger partial charge in [-0.15, -0.1) is 0 Å². The van der Waals surface area contributed by atoms with Crippen LogP contribution in [0.3, 0.4) is 0 Å². The number of anilines is 2. The average molecular weight is 441 g/mol. The molecule has 2 atom stereocenters. The topological polar surface area (TPSA) is 58.2 Å². The van der Waals surface area contributed by atoms with Crippen LogP contribution in [0, 0.1) is 0 Å². The molecule has 2 unspecified atom stereocenters. The number of thioether (sulfide) groups is 1. The van der Waals surface area contributed by atoms with Gasteiger partial charge in [0.25, 0.3) is 0 Å². The minimum absolute atomic E-state index is 0.00892. The van der Waals surface area contributed by atoms with Crippen molar-refractivity contribution in [3.05, 3.63) is 59.7 Å². The number of nitrogens with one attached hydrogen (secondary N) is 2. The van der Waals surface area contributed by atoms with Crippen LogP contribution < -0.4 is 10.6 Å². The van der Waals surface area contributed by atoms with Crippen LogP contribution in [0.2, 0.25) is 0 Å². The quantitative estimate of drug-likeness (QED) is 0.357. The lowest BCUT2D eigenvalue weighted by atomic mass is 9.99. The molecule has 5 heteroatoms. The van der Waals surface area contributed by atoms with E-state index in [1.165, 1.54) is 11.1 Å². The molecule has 31 heavy (non-hydrogen) atoms. The summed E-state index contributed by atoms with van der Waals surface area (Å²) in [5.74, 6) is 2.48. The third-order valence-electron chi connectivity index (χ3n) is 5.70. The highest BCUT2D eigenvalue weighted by atomic mass is 32.2. The van der Waals surface area contributed by atoms with Gasteiger partial charge in [0, 0.05) is 35.7 Å². The minimum atomic E-state index is 0.00892. The number of benzene rings is 2. The Labute approximate surface area is 191 Å². The van der Waals surface area contributed by atoms with E-state index in [2.05, 4.69) is 62.6 Å². The standard InChI is InChI=1S/C26H36N2O2S/c1-5-19(3)21-7-11-23(12-8-21)27-25(29)15-17-31-18-16-26(30)28-24-13-9-22(10-14-24)20(4)6-2/h7-14,19-20H,5-6,15-18H2,1-4H3,(H,27,29)(H,28,30). The number of amides is 2. The van der Waals surface area contributed by atoms with Crippen molar-refractivity contribution in [1.29, 1.82) is 0 Å². The molecular formula is C26H36N2O2S. The molecule has 0 spiro atoms. The van der Waals surface area contributed by atoms with Crippen molar-refractivity contribution in [2.24, 2.45) is 0 Å². The van der Waals surface area contributed by atoms with E-state index in [1.807, 2.05) is 24.3 Å². The molecule has 2 aromatic rings. The number of carbonyl (C=O) groups excluding carboxylic acids is 2. The first-order valence-corrected chi connectivity index (χ1v) is 12.5. The number of rotatable bonds is 12. The van der Waals surface area contributed by atoms with Gasteiger partial charge in [-0.05, 0) is 60.1 Å². The molecule has 2 rings (SSSR count). The van der Waals surface area contributed by atoms with E-state index in [4.69, 9.17) is 0 Å². The number of hydrogen-bond donors (Lipinski definition) is 2. The molecule has 0 heterocycles. The van der Waals surface area contributed by atoms with Crippen LogP contribution in [-0.4, -0.2) is 23.3 Å². The van der Waals surface area contributed by atoms with E-state index in [-0.39, 0.29) is 11.8 Å². The third-order valence-corrected chi connectivity index (χ3v) is 6.68. The van der Waals surface area contributed by atoms with Gasteiger partial charge in [0.15, 0.2) is 0 Å². The van der Waals surface area contributed by atoms with E-state index in [0.29, 0.717) is 36.2 Å². The Kier molecular flexibility index (Phi) is 10.6. The van der Waals surface area contributed by atoms with Gasteiger partial charge in [0.05, 0.1) is 0 Å². The molecule has 2 amide bonds. The summed E-state index contributed by atoms with van der Waals surface area (Å²) in [6.07, 6.45) is 3.09. The van der Waals surface area contributed by atoms with E-state index >= 15 is 0 Å². The van der Waals surface area contributed by atoms with Crippen molar-refractivity contribution in [1.82, 2.24) is 0 Å². The van der Waals surface area contributed by atoms with Crippen molar-refractivity contribution in [3.63, 3.8) is 0 Å². The first-order valence-electron chi connectivity index (χ1n) is 11.3. The lowest BCUT2D eigenvalue weighted by Crippen LogP contribution is -2.14. The molecule has 0 aromatic heterocycles. The van der Waals surface area contributed by atoms with Crippen LogP contribution in [0.5, 0.6) is 0 Å². The molecule has 0 aliphatic rings. The maximum absolute atomic E-state index is 12.1. The molecule has 0 aliphatic heterocycles. The fourth-order valence-corrected chi connectivity index (χ4v) is 4.00. The average Bonchev–Trinajstić information content (AvgIpc) is 2.78. The van der Waals surface area contributed by atoms with Crippen LogP contribution in [0.15, 0.2) is 48.5 Å². The second-order valence-electron chi connectivity index (χ2n) is 8.07. The van der Waals surface area contributed by atoms with E-state index < -0.39 is 0 Å². The summed E-state index contributed by atoms with van der Waals surface area (Å²) in [6, 6.07) is 16.2. The smallest absolute Gasteiger partial charge is 0.225 e. The zero-order valence-corrected chi connectivity index (χ0v) is 20.1. The predicted octanol–water partition coefficient (Wildman–Crippen LogP) is 6.80. The normalized spacial score (nSPS) is 12.8. The number of hydrogen-bond acceptors (Lipinski definition) is 3. The largest absolute Gasteiger partial charge is 0.326 e. The van der Waals surface area contributed by atoms with Gasteiger partial charge in [-0.1, -0.05) is 52.0 Å². The van der Waals surface area contributed by atoms with Crippen molar-refractivity contribution < 1.29 is 9.59 Å². The Morgan fingerprint density at radius 1 is 0.710 bits per heavy atom. The third kappa shape index (κ3) is 8.78. The van der Waals surface area contributed by atoms with Gasteiger partial charge in [0.2, 0.25) is 11.8 Å².